The van der Waals surface area contributed by atoms with Gasteiger partial charge in [-0.05, 0) is 48.9 Å². The van der Waals surface area contributed by atoms with Gasteiger partial charge in [-0.1, -0.05) is 62.4 Å². The lowest BCUT2D eigenvalue weighted by molar-refractivity contribution is -0.149. The summed E-state index contributed by atoms with van der Waals surface area (Å²) in [6.45, 7) is 8.58. The van der Waals surface area contributed by atoms with Crippen molar-refractivity contribution in [3.63, 3.8) is 0 Å². The first-order valence-electron chi connectivity index (χ1n) is 11.2. The number of aliphatic carboxylic acids is 1. The van der Waals surface area contributed by atoms with Gasteiger partial charge in [0.1, 0.15) is 19.2 Å². The largest absolute Gasteiger partial charge is 0.480 e. The number of hydrogen-bond donors (Lipinski definition) is 2. The van der Waals surface area contributed by atoms with E-state index in [2.05, 4.69) is 17.4 Å². The number of benzene rings is 2. The summed E-state index contributed by atoms with van der Waals surface area (Å²) in [7, 11) is 0. The highest BCUT2D eigenvalue weighted by Gasteiger charge is 2.36. The number of nitrogens with zero attached hydrogens (tertiary/aromatic N) is 1. The lowest BCUT2D eigenvalue weighted by atomic mass is 9.98. The van der Waals surface area contributed by atoms with Crippen LogP contribution in [0.5, 0.6) is 0 Å². The summed E-state index contributed by atoms with van der Waals surface area (Å²) in [5.41, 5.74) is 3.75. The molecule has 1 atom stereocenters. The highest BCUT2D eigenvalue weighted by Crippen LogP contribution is 2.44. The van der Waals surface area contributed by atoms with Crippen LogP contribution in [0.3, 0.4) is 0 Å². The van der Waals surface area contributed by atoms with Gasteiger partial charge in [-0.2, -0.15) is 0 Å². The maximum atomic E-state index is 13.2. The molecule has 33 heavy (non-hydrogen) atoms. The lowest BCUT2D eigenvalue weighted by Gasteiger charge is -2.37. The molecule has 1 aliphatic rings. The molecule has 0 aliphatic heterocycles. The third-order valence-electron chi connectivity index (χ3n) is 5.92. The monoisotopic (exact) mass is 452 g/mol. The smallest absolute Gasteiger partial charge is 0.407 e. The van der Waals surface area contributed by atoms with Gasteiger partial charge in [-0.3, -0.25) is 9.59 Å². The molecular formula is C26H32N2O5. The van der Waals surface area contributed by atoms with E-state index >= 15 is 0 Å². The van der Waals surface area contributed by atoms with Gasteiger partial charge in [-0.15, -0.1) is 0 Å². The van der Waals surface area contributed by atoms with E-state index in [1.165, 1.54) is 4.90 Å². The summed E-state index contributed by atoms with van der Waals surface area (Å²) >= 11 is 0. The van der Waals surface area contributed by atoms with Crippen molar-refractivity contribution in [2.75, 3.05) is 13.2 Å². The van der Waals surface area contributed by atoms with Crippen molar-refractivity contribution in [3.8, 4) is 11.1 Å². The molecule has 2 aromatic carbocycles. The Morgan fingerprint density at radius 3 is 1.97 bits per heavy atom. The van der Waals surface area contributed by atoms with Crippen LogP contribution < -0.4 is 5.32 Å². The molecule has 2 amide bonds. The van der Waals surface area contributed by atoms with Crippen LogP contribution in [0.25, 0.3) is 11.1 Å². The molecule has 2 aromatic rings. The number of amides is 2. The van der Waals surface area contributed by atoms with Crippen LogP contribution in [0.15, 0.2) is 48.5 Å². The minimum Gasteiger partial charge on any atom is -0.480 e. The van der Waals surface area contributed by atoms with E-state index in [1.807, 2.05) is 36.4 Å². The number of carboxylic acids is 1. The summed E-state index contributed by atoms with van der Waals surface area (Å²) in [5.74, 6) is -1.90. The normalized spacial score (nSPS) is 13.8. The van der Waals surface area contributed by atoms with Gasteiger partial charge in [0.2, 0.25) is 5.91 Å². The van der Waals surface area contributed by atoms with Gasteiger partial charge in [-0.25, -0.2) is 4.79 Å². The number of carboxylic acid groups (broad SMARTS) is 1. The van der Waals surface area contributed by atoms with Gasteiger partial charge in [0.15, 0.2) is 0 Å². The first-order chi connectivity index (χ1) is 15.5. The Labute approximate surface area is 194 Å². The molecule has 0 heterocycles. The summed E-state index contributed by atoms with van der Waals surface area (Å²) < 4.78 is 5.58. The van der Waals surface area contributed by atoms with Crippen LogP contribution >= 0.6 is 0 Å². The van der Waals surface area contributed by atoms with E-state index in [0.29, 0.717) is 0 Å². The summed E-state index contributed by atoms with van der Waals surface area (Å²) in [5, 5.41) is 11.9. The third-order valence-corrected chi connectivity index (χ3v) is 5.92. The molecule has 0 aromatic heterocycles. The molecule has 0 saturated heterocycles. The molecule has 7 heteroatoms. The molecule has 0 fully saturated rings. The summed E-state index contributed by atoms with van der Waals surface area (Å²) in [6.07, 6.45) is -0.701. The fraction of sp³-hybridized carbons (Fsp3) is 0.423. The topological polar surface area (TPSA) is 95.9 Å². The molecule has 7 nitrogen and oxygen atoms in total. The van der Waals surface area contributed by atoms with Crippen molar-refractivity contribution in [3.05, 3.63) is 59.7 Å². The van der Waals surface area contributed by atoms with E-state index in [-0.39, 0.29) is 18.4 Å². The van der Waals surface area contributed by atoms with E-state index in [0.717, 1.165) is 22.3 Å². The van der Waals surface area contributed by atoms with E-state index in [9.17, 15) is 19.5 Å². The number of fused-ring (bicyclic) bond motifs is 3. The first kappa shape index (κ1) is 24.3. The average Bonchev–Trinajstić information content (AvgIpc) is 3.06. The van der Waals surface area contributed by atoms with E-state index in [1.54, 1.807) is 34.6 Å². The van der Waals surface area contributed by atoms with Crippen molar-refractivity contribution in [1.29, 1.82) is 0 Å². The fourth-order valence-corrected chi connectivity index (χ4v) is 4.23. The molecule has 176 valence electrons. The number of hydrogen-bond acceptors (Lipinski definition) is 4. The van der Waals surface area contributed by atoms with Crippen molar-refractivity contribution >= 4 is 18.0 Å². The second-order valence-corrected chi connectivity index (χ2v) is 9.68. The second-order valence-electron chi connectivity index (χ2n) is 9.68. The Morgan fingerprint density at radius 2 is 1.52 bits per heavy atom. The van der Waals surface area contributed by atoms with E-state index in [4.69, 9.17) is 4.74 Å². The first-order valence-corrected chi connectivity index (χ1v) is 11.2. The SMILES string of the molecule is CC(C)[C@@H](NC(=O)OCC1c2ccccc2-c2ccccc21)C(=O)N(CC(=O)O)C(C)(C)C. The molecule has 0 saturated carbocycles. The number of alkyl carbamates (subject to hydrolysis) is 1. The van der Waals surface area contributed by atoms with Crippen molar-refractivity contribution < 1.29 is 24.2 Å². The Morgan fingerprint density at radius 1 is 1.00 bits per heavy atom. The minimum atomic E-state index is -1.11. The number of carbonyl (C=O) groups is 3. The molecule has 2 N–H and O–H groups in total. The van der Waals surface area contributed by atoms with Crippen LogP contribution in [0.2, 0.25) is 0 Å². The number of carbonyl (C=O) groups excluding carboxylic acids is 2. The molecule has 3 rings (SSSR count). The molecule has 1 aliphatic carbocycles. The van der Waals surface area contributed by atoms with Gasteiger partial charge >= 0.3 is 12.1 Å². The van der Waals surface area contributed by atoms with Crippen LogP contribution in [0.4, 0.5) is 4.79 Å². The van der Waals surface area contributed by atoms with Crippen LogP contribution in [0, 0.1) is 5.92 Å². The number of rotatable bonds is 7. The molecular weight excluding hydrogens is 420 g/mol. The van der Waals surface area contributed by atoms with Gasteiger partial charge in [0.05, 0.1) is 0 Å². The molecule has 0 unspecified atom stereocenters. The maximum Gasteiger partial charge on any atom is 0.407 e. The van der Waals surface area contributed by atoms with Crippen molar-refractivity contribution in [2.24, 2.45) is 5.92 Å². The number of ether oxygens (including phenoxy) is 1. The van der Waals surface area contributed by atoms with Gasteiger partial charge in [0.25, 0.3) is 0 Å². The maximum absolute atomic E-state index is 13.2. The Hall–Kier alpha value is -3.35. The Kier molecular flexibility index (Phi) is 7.10. The Balaban J connectivity index is 1.72. The number of nitrogens with one attached hydrogen (secondary N) is 1. The fourth-order valence-electron chi connectivity index (χ4n) is 4.23. The molecule has 0 radical (unpaired) electrons. The zero-order valence-corrected chi connectivity index (χ0v) is 19.8. The van der Waals surface area contributed by atoms with Crippen LogP contribution in [-0.2, 0) is 14.3 Å². The molecule has 0 bridgehead atoms. The van der Waals surface area contributed by atoms with Gasteiger partial charge in [0, 0.05) is 11.5 Å². The van der Waals surface area contributed by atoms with Gasteiger partial charge < -0.3 is 20.1 Å². The van der Waals surface area contributed by atoms with Crippen molar-refractivity contribution in [2.45, 2.75) is 52.1 Å². The highest BCUT2D eigenvalue weighted by atomic mass is 16.5. The standard InChI is InChI=1S/C26H32N2O5/c1-16(2)23(24(31)28(14-22(29)30)26(3,4)5)27-25(32)33-15-21-19-12-8-6-10-17(19)18-11-7-9-13-20(18)21/h6-13,16,21,23H,14-15H2,1-5H3,(H,27,32)(H,29,30)/t23-/m1/s1. The highest BCUT2D eigenvalue weighted by molar-refractivity contribution is 5.89. The lowest BCUT2D eigenvalue weighted by Crippen LogP contribution is -2.57. The van der Waals surface area contributed by atoms with Crippen LogP contribution in [-0.4, -0.2) is 52.7 Å². The third kappa shape index (κ3) is 5.35. The summed E-state index contributed by atoms with van der Waals surface area (Å²) in [6, 6.07) is 15.2. The average molecular weight is 453 g/mol. The van der Waals surface area contributed by atoms with Crippen molar-refractivity contribution in [1.82, 2.24) is 10.2 Å². The predicted molar refractivity (Wildman–Crippen MR) is 126 cm³/mol. The quantitative estimate of drug-likeness (QED) is 0.654. The van der Waals surface area contributed by atoms with Crippen LogP contribution in [0.1, 0.15) is 51.7 Å². The second kappa shape index (κ2) is 9.65. The molecule has 0 spiro atoms. The summed E-state index contributed by atoms with van der Waals surface area (Å²) in [4.78, 5) is 38.5. The minimum absolute atomic E-state index is 0.0885. The zero-order valence-electron chi connectivity index (χ0n) is 19.8. The van der Waals surface area contributed by atoms with E-state index < -0.39 is 36.1 Å². The Bertz CT molecular complexity index is 995. The zero-order chi connectivity index (χ0) is 24.3. The predicted octanol–water partition coefficient (Wildman–Crippen LogP) is 4.26.